The molecule has 1 aliphatic heterocycles. The summed E-state index contributed by atoms with van der Waals surface area (Å²) in [5.41, 5.74) is 12.0. The van der Waals surface area contributed by atoms with Gasteiger partial charge in [0.1, 0.15) is 0 Å². The number of rotatable bonds is 6. The molecule has 2 rings (SSSR count). The number of carbonyl (C=O) groups is 1. The minimum Gasteiger partial charge on any atom is -0.493 e. The zero-order valence-corrected chi connectivity index (χ0v) is 12.7. The molecule has 1 atom stereocenters. The first-order chi connectivity index (χ1) is 9.99. The third-order valence-corrected chi connectivity index (χ3v) is 3.64. The molecule has 1 heterocycles. The van der Waals surface area contributed by atoms with Gasteiger partial charge in [0, 0.05) is 25.7 Å². The number of hydrogen-bond donors (Lipinski definition) is 2. The second-order valence-corrected chi connectivity index (χ2v) is 5.56. The van der Waals surface area contributed by atoms with Crippen LogP contribution >= 0.6 is 11.6 Å². The molecule has 0 radical (unpaired) electrons. The van der Waals surface area contributed by atoms with E-state index in [-0.39, 0.29) is 12.6 Å². The van der Waals surface area contributed by atoms with Gasteiger partial charge in [-0.3, -0.25) is 9.69 Å². The van der Waals surface area contributed by atoms with Gasteiger partial charge >= 0.3 is 0 Å². The van der Waals surface area contributed by atoms with Crippen molar-refractivity contribution < 1.29 is 14.3 Å². The van der Waals surface area contributed by atoms with Gasteiger partial charge in [-0.25, -0.2) is 0 Å². The second-order valence-electron chi connectivity index (χ2n) is 5.15. The quantitative estimate of drug-likeness (QED) is 0.808. The van der Waals surface area contributed by atoms with E-state index in [4.69, 9.17) is 32.5 Å². The van der Waals surface area contributed by atoms with Crippen molar-refractivity contribution in [2.45, 2.75) is 19.0 Å². The molecule has 7 heteroatoms. The molecule has 0 aromatic heterocycles. The summed E-state index contributed by atoms with van der Waals surface area (Å²) < 4.78 is 10.6. The first kappa shape index (κ1) is 15.9. The van der Waals surface area contributed by atoms with E-state index in [9.17, 15) is 4.79 Å². The molecule has 0 saturated carbocycles. The number of hydrogen-bond acceptors (Lipinski definition) is 5. The van der Waals surface area contributed by atoms with Gasteiger partial charge < -0.3 is 20.9 Å². The van der Waals surface area contributed by atoms with Crippen LogP contribution in [0.15, 0.2) is 12.1 Å². The normalized spacial score (nSPS) is 18.7. The average Bonchev–Trinajstić information content (AvgIpc) is 2.82. The number of nitrogens with two attached hydrogens (primary N) is 2. The summed E-state index contributed by atoms with van der Waals surface area (Å²) in [5.74, 6) is 0.255. The largest absolute Gasteiger partial charge is 0.493 e. The van der Waals surface area contributed by atoms with E-state index in [2.05, 4.69) is 4.90 Å². The molecule has 21 heavy (non-hydrogen) atoms. The highest BCUT2D eigenvalue weighted by Crippen LogP contribution is 2.36. The van der Waals surface area contributed by atoms with Gasteiger partial charge in [0.05, 0.1) is 12.1 Å². The Balaban J connectivity index is 2.13. The number of benzene rings is 1. The molecule has 1 aromatic rings. The zero-order chi connectivity index (χ0) is 15.4. The lowest BCUT2D eigenvalue weighted by molar-refractivity contribution is -0.119. The number of primary amides is 1. The molecule has 116 valence electrons. The van der Waals surface area contributed by atoms with E-state index in [0.29, 0.717) is 16.5 Å². The van der Waals surface area contributed by atoms with E-state index in [1.165, 1.54) is 7.11 Å². The van der Waals surface area contributed by atoms with Gasteiger partial charge in [0.2, 0.25) is 0 Å². The predicted molar refractivity (Wildman–Crippen MR) is 80.6 cm³/mol. The topological polar surface area (TPSA) is 90.8 Å². The fourth-order valence-electron chi connectivity index (χ4n) is 2.41. The lowest BCUT2D eigenvalue weighted by Gasteiger charge is -2.18. The van der Waals surface area contributed by atoms with Crippen molar-refractivity contribution in [3.05, 3.63) is 22.7 Å². The Kier molecular flexibility index (Phi) is 5.27. The molecule has 4 N–H and O–H groups in total. The Bertz CT molecular complexity index is 524. The monoisotopic (exact) mass is 313 g/mol. The SMILES string of the molecule is COc1cc(CN2CCC(N)C2)cc(Cl)c1OCC(N)=O. The van der Waals surface area contributed by atoms with Gasteiger partial charge in [-0.05, 0) is 24.1 Å². The van der Waals surface area contributed by atoms with E-state index in [1.807, 2.05) is 12.1 Å². The summed E-state index contributed by atoms with van der Waals surface area (Å²) in [5, 5.41) is 0.397. The third kappa shape index (κ3) is 4.23. The Morgan fingerprint density at radius 3 is 2.86 bits per heavy atom. The molecule has 6 nitrogen and oxygen atoms in total. The highest BCUT2D eigenvalue weighted by atomic mass is 35.5. The molecule has 0 spiro atoms. The standard InChI is InChI=1S/C14H20ClN3O3/c1-20-12-5-9(6-18-3-2-10(16)7-18)4-11(15)14(12)21-8-13(17)19/h4-5,10H,2-3,6-8,16H2,1H3,(H2,17,19). The smallest absolute Gasteiger partial charge is 0.255 e. The molecule has 1 unspecified atom stereocenters. The van der Waals surface area contributed by atoms with Crippen molar-refractivity contribution in [2.75, 3.05) is 26.8 Å². The minimum atomic E-state index is -0.566. The molecule has 1 aliphatic rings. The van der Waals surface area contributed by atoms with Crippen LogP contribution in [0.3, 0.4) is 0 Å². The van der Waals surface area contributed by atoms with E-state index in [1.54, 1.807) is 0 Å². The predicted octanol–water partition coefficient (Wildman–Crippen LogP) is 0.746. The summed E-state index contributed by atoms with van der Waals surface area (Å²) in [6.45, 7) is 2.36. The Morgan fingerprint density at radius 1 is 1.52 bits per heavy atom. The first-order valence-electron chi connectivity index (χ1n) is 6.75. The maximum Gasteiger partial charge on any atom is 0.255 e. The highest BCUT2D eigenvalue weighted by molar-refractivity contribution is 6.32. The van der Waals surface area contributed by atoms with Crippen LogP contribution in [0.25, 0.3) is 0 Å². The van der Waals surface area contributed by atoms with Crippen LogP contribution < -0.4 is 20.9 Å². The molecule has 1 aromatic carbocycles. The first-order valence-corrected chi connectivity index (χ1v) is 7.13. The lowest BCUT2D eigenvalue weighted by atomic mass is 10.2. The van der Waals surface area contributed by atoms with Gasteiger partial charge in [0.15, 0.2) is 18.1 Å². The third-order valence-electron chi connectivity index (χ3n) is 3.36. The van der Waals surface area contributed by atoms with E-state index >= 15 is 0 Å². The van der Waals surface area contributed by atoms with Crippen LogP contribution in [-0.4, -0.2) is 43.7 Å². The van der Waals surface area contributed by atoms with Gasteiger partial charge in [-0.15, -0.1) is 0 Å². The number of halogens is 1. The number of ether oxygens (including phenoxy) is 2. The molecular weight excluding hydrogens is 294 g/mol. The zero-order valence-electron chi connectivity index (χ0n) is 12.0. The van der Waals surface area contributed by atoms with E-state index in [0.717, 1.165) is 31.6 Å². The molecular formula is C14H20ClN3O3. The van der Waals surface area contributed by atoms with Gasteiger partial charge in [-0.2, -0.15) is 0 Å². The van der Waals surface area contributed by atoms with Crippen LogP contribution in [0.1, 0.15) is 12.0 Å². The number of methoxy groups -OCH3 is 1. The Labute approximate surface area is 128 Å². The summed E-state index contributed by atoms with van der Waals surface area (Å²) in [7, 11) is 1.53. The molecule has 0 bridgehead atoms. The van der Waals surface area contributed by atoms with Crippen molar-refractivity contribution in [1.29, 1.82) is 0 Å². The highest BCUT2D eigenvalue weighted by Gasteiger charge is 2.20. The fraction of sp³-hybridized carbons (Fsp3) is 0.500. The molecule has 0 aliphatic carbocycles. The van der Waals surface area contributed by atoms with Crippen molar-refractivity contribution in [2.24, 2.45) is 11.5 Å². The number of amides is 1. The summed E-state index contributed by atoms with van der Waals surface area (Å²) in [6, 6.07) is 3.90. The maximum atomic E-state index is 10.8. The van der Waals surface area contributed by atoms with Crippen molar-refractivity contribution >= 4 is 17.5 Å². The van der Waals surface area contributed by atoms with Crippen LogP contribution in [0, 0.1) is 0 Å². The van der Waals surface area contributed by atoms with Crippen molar-refractivity contribution in [3.63, 3.8) is 0 Å². The summed E-state index contributed by atoms with van der Waals surface area (Å²) in [6.07, 6.45) is 1.00. The average molecular weight is 314 g/mol. The second kappa shape index (κ2) is 6.98. The van der Waals surface area contributed by atoms with Crippen molar-refractivity contribution in [1.82, 2.24) is 4.90 Å². The fourth-order valence-corrected chi connectivity index (χ4v) is 2.70. The molecule has 1 amide bonds. The van der Waals surface area contributed by atoms with Gasteiger partial charge in [-0.1, -0.05) is 11.6 Å². The molecule has 1 fully saturated rings. The van der Waals surface area contributed by atoms with E-state index < -0.39 is 5.91 Å². The minimum absolute atomic E-state index is 0.237. The Hall–Kier alpha value is -1.50. The van der Waals surface area contributed by atoms with Crippen LogP contribution in [0.4, 0.5) is 0 Å². The molecule has 1 saturated heterocycles. The van der Waals surface area contributed by atoms with Crippen molar-refractivity contribution in [3.8, 4) is 11.5 Å². The number of carbonyl (C=O) groups excluding carboxylic acids is 1. The number of nitrogens with zero attached hydrogens (tertiary/aromatic N) is 1. The summed E-state index contributed by atoms with van der Waals surface area (Å²) >= 11 is 6.21. The van der Waals surface area contributed by atoms with Gasteiger partial charge in [0.25, 0.3) is 5.91 Å². The van der Waals surface area contributed by atoms with Crippen LogP contribution in [-0.2, 0) is 11.3 Å². The maximum absolute atomic E-state index is 10.8. The summed E-state index contributed by atoms with van der Waals surface area (Å²) in [4.78, 5) is 13.1. The van der Waals surface area contributed by atoms with Crippen LogP contribution in [0.2, 0.25) is 5.02 Å². The Morgan fingerprint density at radius 2 is 2.29 bits per heavy atom. The van der Waals surface area contributed by atoms with Crippen LogP contribution in [0.5, 0.6) is 11.5 Å². The number of likely N-dealkylation sites (tertiary alicyclic amines) is 1. The lowest BCUT2D eigenvalue weighted by Crippen LogP contribution is -2.26.